The van der Waals surface area contributed by atoms with Gasteiger partial charge in [0.05, 0.1) is 7.11 Å². The molecule has 0 radical (unpaired) electrons. The lowest BCUT2D eigenvalue weighted by Crippen LogP contribution is -2.45. The minimum absolute atomic E-state index is 0. The molecule has 1 atom stereocenters. The van der Waals surface area contributed by atoms with Crippen LogP contribution in [0.4, 0.5) is 0 Å². The Morgan fingerprint density at radius 3 is 2.38 bits per heavy atom. The van der Waals surface area contributed by atoms with E-state index in [-0.39, 0.29) is 24.8 Å². The average Bonchev–Trinajstić information content (AvgIpc) is 2.46. The van der Waals surface area contributed by atoms with E-state index in [0.29, 0.717) is 17.8 Å². The molecule has 1 aliphatic rings. The van der Waals surface area contributed by atoms with Crippen molar-refractivity contribution >= 4 is 24.8 Å². The number of methoxy groups -OCH3 is 1. The Balaban J connectivity index is 0.00000200. The van der Waals surface area contributed by atoms with Gasteiger partial charge in [0, 0.05) is 44.5 Å². The third kappa shape index (κ3) is 5.99. The highest BCUT2D eigenvalue weighted by atomic mass is 35.5. The number of halogens is 2. The normalized spacial score (nSPS) is 16.8. The van der Waals surface area contributed by atoms with E-state index in [0.717, 1.165) is 26.2 Å². The molecule has 0 saturated carbocycles. The fraction of sp³-hybridized carbons (Fsp3) is 0.667. The molecule has 0 unspecified atom stereocenters. The monoisotopic (exact) mass is 335 g/mol. The number of aromatic nitrogens is 1. The van der Waals surface area contributed by atoms with E-state index in [9.17, 15) is 0 Å². The second-order valence-corrected chi connectivity index (χ2v) is 5.57. The molecule has 2 heterocycles. The molecule has 2 rings (SSSR count). The lowest BCUT2D eigenvalue weighted by molar-refractivity contribution is 0.153. The van der Waals surface area contributed by atoms with Gasteiger partial charge in [-0.15, -0.1) is 24.8 Å². The molecule has 21 heavy (non-hydrogen) atoms. The first-order chi connectivity index (χ1) is 9.20. The van der Waals surface area contributed by atoms with Crippen LogP contribution >= 0.6 is 24.8 Å². The molecule has 122 valence electrons. The maximum atomic E-state index is 5.14. The molecule has 1 fully saturated rings. The highest BCUT2D eigenvalue weighted by Gasteiger charge is 2.23. The fourth-order valence-corrected chi connectivity index (χ4v) is 2.65. The summed E-state index contributed by atoms with van der Waals surface area (Å²) in [6.07, 6.45) is 3.14. The van der Waals surface area contributed by atoms with Gasteiger partial charge in [-0.2, -0.15) is 0 Å². The number of nitrogens with zero attached hydrogens (tertiary/aromatic N) is 2. The van der Waals surface area contributed by atoms with Crippen molar-refractivity contribution < 1.29 is 4.74 Å². The maximum absolute atomic E-state index is 5.14. The molecule has 0 amide bonds. The van der Waals surface area contributed by atoms with Crippen molar-refractivity contribution in [2.24, 2.45) is 5.92 Å². The van der Waals surface area contributed by atoms with Crippen LogP contribution in [0.1, 0.15) is 31.9 Å². The van der Waals surface area contributed by atoms with Crippen molar-refractivity contribution in [1.82, 2.24) is 15.2 Å². The van der Waals surface area contributed by atoms with E-state index in [1.807, 2.05) is 12.3 Å². The van der Waals surface area contributed by atoms with Crippen molar-refractivity contribution in [1.29, 1.82) is 0 Å². The van der Waals surface area contributed by atoms with Gasteiger partial charge in [-0.25, -0.2) is 4.98 Å². The molecule has 1 aliphatic heterocycles. The zero-order valence-corrected chi connectivity index (χ0v) is 14.7. The molecule has 4 nitrogen and oxygen atoms in total. The van der Waals surface area contributed by atoms with Gasteiger partial charge in [-0.1, -0.05) is 19.9 Å². The van der Waals surface area contributed by atoms with E-state index in [1.54, 1.807) is 7.11 Å². The summed E-state index contributed by atoms with van der Waals surface area (Å²) in [5.74, 6) is 1.37. The molecule has 0 bridgehead atoms. The minimum atomic E-state index is 0. The first-order valence-electron chi connectivity index (χ1n) is 7.15. The van der Waals surface area contributed by atoms with Crippen molar-refractivity contribution in [2.75, 3.05) is 33.3 Å². The van der Waals surface area contributed by atoms with Gasteiger partial charge in [0.15, 0.2) is 0 Å². The quantitative estimate of drug-likeness (QED) is 0.897. The standard InChI is InChI=1S/C15H25N3O.2ClH/c1-12(2)10-14(18-8-6-16-7-9-18)13-4-5-15(19-3)17-11-13;;/h4-5,11-12,14,16H,6-10H2,1-3H3;2*1H/t14-;;/m0../s1. The van der Waals surface area contributed by atoms with Crippen LogP contribution in [0.3, 0.4) is 0 Å². The molecule has 1 aromatic heterocycles. The zero-order chi connectivity index (χ0) is 13.7. The van der Waals surface area contributed by atoms with Gasteiger partial charge in [-0.05, 0) is 17.9 Å². The predicted molar refractivity (Wildman–Crippen MR) is 91.9 cm³/mol. The summed E-state index contributed by atoms with van der Waals surface area (Å²) < 4.78 is 5.14. The highest BCUT2D eigenvalue weighted by Crippen LogP contribution is 2.28. The van der Waals surface area contributed by atoms with Crippen LogP contribution in [0, 0.1) is 5.92 Å². The lowest BCUT2D eigenvalue weighted by atomic mass is 9.96. The van der Waals surface area contributed by atoms with Gasteiger partial charge >= 0.3 is 0 Å². The fourth-order valence-electron chi connectivity index (χ4n) is 2.65. The highest BCUT2D eigenvalue weighted by molar-refractivity contribution is 5.85. The summed E-state index contributed by atoms with van der Waals surface area (Å²) in [5, 5.41) is 3.42. The molecule has 1 saturated heterocycles. The number of nitrogens with one attached hydrogen (secondary N) is 1. The van der Waals surface area contributed by atoms with Gasteiger partial charge in [0.1, 0.15) is 0 Å². The number of piperazine rings is 1. The summed E-state index contributed by atoms with van der Waals surface area (Å²) in [5.41, 5.74) is 1.30. The smallest absolute Gasteiger partial charge is 0.212 e. The first-order valence-corrected chi connectivity index (χ1v) is 7.15. The van der Waals surface area contributed by atoms with Crippen LogP contribution in [0.25, 0.3) is 0 Å². The Morgan fingerprint density at radius 1 is 1.24 bits per heavy atom. The van der Waals surface area contributed by atoms with Crippen molar-refractivity contribution in [3.05, 3.63) is 23.9 Å². The molecular weight excluding hydrogens is 309 g/mol. The molecular formula is C15H27Cl2N3O. The molecule has 1 aromatic rings. The van der Waals surface area contributed by atoms with E-state index >= 15 is 0 Å². The number of ether oxygens (including phenoxy) is 1. The molecule has 0 aliphatic carbocycles. The largest absolute Gasteiger partial charge is 0.481 e. The topological polar surface area (TPSA) is 37.4 Å². The van der Waals surface area contributed by atoms with E-state index < -0.39 is 0 Å². The third-order valence-electron chi connectivity index (χ3n) is 3.64. The first kappa shape index (κ1) is 20.5. The van der Waals surface area contributed by atoms with Crippen LogP contribution in [0.5, 0.6) is 5.88 Å². The average molecular weight is 336 g/mol. The number of rotatable bonds is 5. The molecule has 0 spiro atoms. The van der Waals surface area contributed by atoms with Crippen LogP contribution in [0.2, 0.25) is 0 Å². The van der Waals surface area contributed by atoms with Crippen molar-refractivity contribution in [3.8, 4) is 5.88 Å². The number of pyridine rings is 1. The van der Waals surface area contributed by atoms with Gasteiger partial charge < -0.3 is 10.1 Å². The third-order valence-corrected chi connectivity index (χ3v) is 3.64. The minimum Gasteiger partial charge on any atom is -0.481 e. The summed E-state index contributed by atoms with van der Waals surface area (Å²) in [6, 6.07) is 4.59. The van der Waals surface area contributed by atoms with E-state index in [2.05, 4.69) is 35.1 Å². The van der Waals surface area contributed by atoms with Crippen LogP contribution < -0.4 is 10.1 Å². The Kier molecular flexibility index (Phi) is 9.95. The van der Waals surface area contributed by atoms with Crippen molar-refractivity contribution in [2.45, 2.75) is 26.3 Å². The maximum Gasteiger partial charge on any atom is 0.212 e. The van der Waals surface area contributed by atoms with Gasteiger partial charge in [0.2, 0.25) is 5.88 Å². The van der Waals surface area contributed by atoms with Crippen molar-refractivity contribution in [3.63, 3.8) is 0 Å². The number of hydrogen-bond acceptors (Lipinski definition) is 4. The Labute approximate surface area is 140 Å². The molecule has 6 heteroatoms. The number of hydrogen-bond donors (Lipinski definition) is 1. The predicted octanol–water partition coefficient (Wildman–Crippen LogP) is 2.93. The SMILES string of the molecule is COc1ccc([C@H](CC(C)C)N2CCNCC2)cn1.Cl.Cl. The molecule has 0 aromatic carbocycles. The van der Waals surface area contributed by atoms with Crippen LogP contribution in [-0.2, 0) is 0 Å². The van der Waals surface area contributed by atoms with Crippen LogP contribution in [0.15, 0.2) is 18.3 Å². The Hall–Kier alpha value is -0.550. The Morgan fingerprint density at radius 2 is 1.90 bits per heavy atom. The second kappa shape index (κ2) is 10.2. The molecule has 1 N–H and O–H groups in total. The lowest BCUT2D eigenvalue weighted by Gasteiger charge is -2.36. The second-order valence-electron chi connectivity index (χ2n) is 5.57. The summed E-state index contributed by atoms with van der Waals surface area (Å²) in [7, 11) is 1.66. The Bertz CT molecular complexity index is 381. The summed E-state index contributed by atoms with van der Waals surface area (Å²) >= 11 is 0. The van der Waals surface area contributed by atoms with Gasteiger partial charge in [0.25, 0.3) is 0 Å². The van der Waals surface area contributed by atoms with E-state index in [1.165, 1.54) is 12.0 Å². The zero-order valence-electron chi connectivity index (χ0n) is 13.0. The van der Waals surface area contributed by atoms with Gasteiger partial charge in [-0.3, -0.25) is 4.90 Å². The van der Waals surface area contributed by atoms with E-state index in [4.69, 9.17) is 4.74 Å². The summed E-state index contributed by atoms with van der Waals surface area (Å²) in [6.45, 7) is 8.96. The summed E-state index contributed by atoms with van der Waals surface area (Å²) in [4.78, 5) is 6.93. The van der Waals surface area contributed by atoms with Crippen LogP contribution in [-0.4, -0.2) is 43.2 Å².